The van der Waals surface area contributed by atoms with Crippen LogP contribution in [0.2, 0.25) is 0 Å². The second-order valence-corrected chi connectivity index (χ2v) is 5.60. The average Bonchev–Trinajstić information content (AvgIpc) is 2.66. The van der Waals surface area contributed by atoms with Crippen molar-refractivity contribution in [3.05, 3.63) is 0 Å². The summed E-state index contributed by atoms with van der Waals surface area (Å²) >= 11 is 0. The third-order valence-corrected chi connectivity index (χ3v) is 4.65. The number of hydrogen-bond acceptors (Lipinski definition) is 2. The first kappa shape index (κ1) is 10.6. The van der Waals surface area contributed by atoms with Crippen molar-refractivity contribution in [1.82, 2.24) is 10.2 Å². The summed E-state index contributed by atoms with van der Waals surface area (Å²) in [5, 5.41) is 3.39. The number of hydrogen-bond donors (Lipinski definition) is 1. The molecule has 1 amide bonds. The Morgan fingerprint density at radius 3 is 2.62 bits per heavy atom. The molecule has 2 saturated heterocycles. The largest absolute Gasteiger partial charge is 0.336 e. The van der Waals surface area contributed by atoms with Crippen LogP contribution in [-0.4, -0.2) is 36.0 Å². The highest BCUT2D eigenvalue weighted by Crippen LogP contribution is 2.39. The molecule has 1 saturated carbocycles. The number of carbonyl (C=O) groups excluding carboxylic acids is 1. The third kappa shape index (κ3) is 1.75. The highest BCUT2D eigenvalue weighted by atomic mass is 16.2. The second-order valence-electron chi connectivity index (χ2n) is 5.60. The van der Waals surface area contributed by atoms with E-state index in [1.807, 2.05) is 0 Å². The molecule has 3 nitrogen and oxygen atoms in total. The van der Waals surface area contributed by atoms with E-state index in [4.69, 9.17) is 0 Å². The summed E-state index contributed by atoms with van der Waals surface area (Å²) < 4.78 is 0. The smallest absolute Gasteiger partial charge is 0.223 e. The van der Waals surface area contributed by atoms with E-state index < -0.39 is 0 Å². The number of amides is 1. The quantitative estimate of drug-likeness (QED) is 0.729. The van der Waals surface area contributed by atoms with E-state index in [0.29, 0.717) is 23.9 Å². The minimum atomic E-state index is 0.448. The summed E-state index contributed by atoms with van der Waals surface area (Å²) in [5.41, 5.74) is 0. The topological polar surface area (TPSA) is 32.3 Å². The molecular weight excluding hydrogens is 200 g/mol. The molecule has 0 spiro atoms. The molecule has 90 valence electrons. The first-order valence-corrected chi connectivity index (χ1v) is 6.88. The molecule has 0 radical (unpaired) electrons. The lowest BCUT2D eigenvalue weighted by molar-refractivity contribution is -0.131. The zero-order valence-corrected chi connectivity index (χ0v) is 9.95. The van der Waals surface area contributed by atoms with E-state index in [9.17, 15) is 4.79 Å². The van der Waals surface area contributed by atoms with Gasteiger partial charge in [-0.1, -0.05) is 12.8 Å². The number of carbonyl (C=O) groups is 1. The third-order valence-electron chi connectivity index (χ3n) is 4.65. The molecule has 0 aromatic heterocycles. The van der Waals surface area contributed by atoms with Crippen molar-refractivity contribution in [2.24, 2.45) is 5.92 Å². The van der Waals surface area contributed by atoms with Gasteiger partial charge < -0.3 is 10.2 Å². The van der Waals surface area contributed by atoms with Crippen LogP contribution in [0.5, 0.6) is 0 Å². The first-order chi connectivity index (χ1) is 7.86. The van der Waals surface area contributed by atoms with E-state index in [-0.39, 0.29) is 0 Å². The zero-order chi connectivity index (χ0) is 11.0. The summed E-state index contributed by atoms with van der Waals surface area (Å²) in [4.78, 5) is 14.4. The fraction of sp³-hybridized carbons (Fsp3) is 0.923. The second kappa shape index (κ2) is 4.36. The lowest BCUT2D eigenvalue weighted by atomic mass is 9.84. The maximum Gasteiger partial charge on any atom is 0.223 e. The van der Waals surface area contributed by atoms with Crippen molar-refractivity contribution in [1.29, 1.82) is 0 Å². The van der Waals surface area contributed by atoms with Gasteiger partial charge in [-0.2, -0.15) is 0 Å². The van der Waals surface area contributed by atoms with Gasteiger partial charge in [-0.05, 0) is 44.7 Å². The molecule has 2 atom stereocenters. The Labute approximate surface area is 97.6 Å². The summed E-state index contributed by atoms with van der Waals surface area (Å²) in [5.74, 6) is 1.14. The maximum absolute atomic E-state index is 12.1. The lowest BCUT2D eigenvalue weighted by Gasteiger charge is -2.39. The van der Waals surface area contributed by atoms with Crippen LogP contribution in [0.1, 0.15) is 44.9 Å². The van der Waals surface area contributed by atoms with E-state index in [1.54, 1.807) is 0 Å². The minimum Gasteiger partial charge on any atom is -0.336 e. The number of piperidine rings is 1. The minimum absolute atomic E-state index is 0.448. The molecule has 0 aromatic rings. The zero-order valence-electron chi connectivity index (χ0n) is 9.95. The molecule has 0 bridgehead atoms. The Hall–Kier alpha value is -0.570. The molecule has 0 aromatic carbocycles. The van der Waals surface area contributed by atoms with Gasteiger partial charge >= 0.3 is 0 Å². The van der Waals surface area contributed by atoms with Crippen LogP contribution in [0.3, 0.4) is 0 Å². The molecule has 3 aliphatic rings. The Morgan fingerprint density at radius 1 is 1.06 bits per heavy atom. The summed E-state index contributed by atoms with van der Waals surface area (Å²) in [6.07, 6.45) is 8.39. The number of fused-ring (bicyclic) bond motifs is 1. The Kier molecular flexibility index (Phi) is 2.88. The van der Waals surface area contributed by atoms with Gasteiger partial charge in [0.1, 0.15) is 0 Å². The van der Waals surface area contributed by atoms with Gasteiger partial charge in [0.2, 0.25) is 5.91 Å². The summed E-state index contributed by atoms with van der Waals surface area (Å²) in [6, 6.07) is 1.14. The van der Waals surface area contributed by atoms with Crippen LogP contribution >= 0.6 is 0 Å². The molecule has 3 fully saturated rings. The van der Waals surface area contributed by atoms with Crippen molar-refractivity contribution in [3.63, 3.8) is 0 Å². The monoisotopic (exact) mass is 222 g/mol. The van der Waals surface area contributed by atoms with Crippen molar-refractivity contribution in [2.75, 3.05) is 13.1 Å². The molecule has 2 aliphatic heterocycles. The number of nitrogens with zero attached hydrogens (tertiary/aromatic N) is 1. The van der Waals surface area contributed by atoms with Crippen LogP contribution in [-0.2, 0) is 4.79 Å². The molecule has 1 N–H and O–H groups in total. The highest BCUT2D eigenvalue weighted by Gasteiger charge is 2.43. The van der Waals surface area contributed by atoms with Crippen LogP contribution < -0.4 is 5.32 Å². The molecular formula is C13H22N2O. The van der Waals surface area contributed by atoms with E-state index >= 15 is 0 Å². The van der Waals surface area contributed by atoms with Gasteiger partial charge in [-0.25, -0.2) is 0 Å². The molecule has 2 unspecified atom stereocenters. The number of rotatable bonds is 1. The predicted octanol–water partition coefficient (Wildman–Crippen LogP) is 1.53. The summed E-state index contributed by atoms with van der Waals surface area (Å²) in [6.45, 7) is 2.18. The molecule has 3 heteroatoms. The Bertz CT molecular complexity index is 273. The molecule has 16 heavy (non-hydrogen) atoms. The SMILES string of the molecule is O=C1CC2CCCCC2N1C1CCNCC1. The summed E-state index contributed by atoms with van der Waals surface area (Å²) in [7, 11) is 0. The standard InChI is InChI=1S/C13H22N2O/c16-13-9-10-3-1-2-4-12(10)15(13)11-5-7-14-8-6-11/h10-12,14H,1-9H2. The van der Waals surface area contributed by atoms with Crippen molar-refractivity contribution in [3.8, 4) is 0 Å². The predicted molar refractivity (Wildman–Crippen MR) is 63.1 cm³/mol. The van der Waals surface area contributed by atoms with Gasteiger partial charge in [0.15, 0.2) is 0 Å². The lowest BCUT2D eigenvalue weighted by Crippen LogP contribution is -2.48. The number of likely N-dealkylation sites (tertiary alicyclic amines) is 1. The van der Waals surface area contributed by atoms with Crippen LogP contribution in [0.15, 0.2) is 0 Å². The van der Waals surface area contributed by atoms with Crippen molar-refractivity contribution < 1.29 is 4.79 Å². The van der Waals surface area contributed by atoms with Crippen LogP contribution in [0.4, 0.5) is 0 Å². The Balaban J connectivity index is 1.74. The van der Waals surface area contributed by atoms with Gasteiger partial charge in [0, 0.05) is 18.5 Å². The molecule has 2 heterocycles. The normalized spacial score (nSPS) is 36.5. The van der Waals surface area contributed by atoms with E-state index in [1.165, 1.54) is 25.7 Å². The Morgan fingerprint density at radius 2 is 1.81 bits per heavy atom. The van der Waals surface area contributed by atoms with Gasteiger partial charge in [0.25, 0.3) is 0 Å². The van der Waals surface area contributed by atoms with Crippen LogP contribution in [0.25, 0.3) is 0 Å². The first-order valence-electron chi connectivity index (χ1n) is 6.88. The van der Waals surface area contributed by atoms with E-state index in [0.717, 1.165) is 32.4 Å². The molecule has 1 aliphatic carbocycles. The van der Waals surface area contributed by atoms with E-state index in [2.05, 4.69) is 10.2 Å². The maximum atomic E-state index is 12.1. The molecule has 3 rings (SSSR count). The van der Waals surface area contributed by atoms with Crippen LogP contribution in [0, 0.1) is 5.92 Å². The van der Waals surface area contributed by atoms with Crippen molar-refractivity contribution in [2.45, 2.75) is 57.0 Å². The van der Waals surface area contributed by atoms with Crippen molar-refractivity contribution >= 4 is 5.91 Å². The fourth-order valence-corrected chi connectivity index (χ4v) is 3.87. The highest BCUT2D eigenvalue weighted by molar-refractivity contribution is 5.79. The number of nitrogens with one attached hydrogen (secondary N) is 1. The van der Waals surface area contributed by atoms with Gasteiger partial charge in [0.05, 0.1) is 0 Å². The van der Waals surface area contributed by atoms with Gasteiger partial charge in [-0.15, -0.1) is 0 Å². The fourth-order valence-electron chi connectivity index (χ4n) is 3.87. The van der Waals surface area contributed by atoms with Gasteiger partial charge in [-0.3, -0.25) is 4.79 Å². The average molecular weight is 222 g/mol.